The predicted octanol–water partition coefficient (Wildman–Crippen LogP) is 4.31. The normalized spacial score (nSPS) is 21.6. The van der Waals surface area contributed by atoms with Gasteiger partial charge in [0.1, 0.15) is 0 Å². The molecule has 0 amide bonds. The van der Waals surface area contributed by atoms with Crippen LogP contribution in [0.25, 0.3) is 0 Å². The Morgan fingerprint density at radius 3 is 2.71 bits per heavy atom. The van der Waals surface area contributed by atoms with Gasteiger partial charge in [0.25, 0.3) is 0 Å². The minimum atomic E-state index is -4.35. The van der Waals surface area contributed by atoms with Crippen LogP contribution in [0, 0.1) is 5.92 Å². The van der Waals surface area contributed by atoms with Crippen molar-refractivity contribution in [2.45, 2.75) is 37.8 Å². The highest BCUT2D eigenvalue weighted by Crippen LogP contribution is 2.38. The molecule has 0 aliphatic carbocycles. The number of ether oxygens (including phenoxy) is 2. The van der Waals surface area contributed by atoms with Gasteiger partial charge in [0.2, 0.25) is 0 Å². The molecule has 1 unspecified atom stereocenters. The third-order valence-electron chi connectivity index (χ3n) is 6.11. The van der Waals surface area contributed by atoms with Gasteiger partial charge in [-0.05, 0) is 37.8 Å². The second-order valence-electron chi connectivity index (χ2n) is 8.20. The van der Waals surface area contributed by atoms with Gasteiger partial charge in [-0.1, -0.05) is 18.2 Å². The Morgan fingerprint density at radius 1 is 1.32 bits per heavy atom. The van der Waals surface area contributed by atoms with Crippen LogP contribution in [0.2, 0.25) is 0 Å². The van der Waals surface area contributed by atoms with E-state index in [1.165, 1.54) is 12.1 Å². The largest absolute Gasteiger partial charge is 0.416 e. The van der Waals surface area contributed by atoms with Crippen molar-refractivity contribution in [1.82, 2.24) is 10.2 Å². The summed E-state index contributed by atoms with van der Waals surface area (Å²) in [6, 6.07) is 5.72. The molecule has 9 heteroatoms. The van der Waals surface area contributed by atoms with E-state index in [2.05, 4.69) is 10.2 Å². The number of rotatable bonds is 6. The van der Waals surface area contributed by atoms with Crippen LogP contribution in [-0.2, 0) is 21.1 Å². The summed E-state index contributed by atoms with van der Waals surface area (Å²) < 4.78 is 50.7. The Labute approximate surface area is 199 Å². The molecule has 5 nitrogen and oxygen atoms in total. The molecule has 3 rings (SSSR count). The Hall–Kier alpha value is -1.07. The molecule has 1 aromatic carbocycles. The SMILES string of the molecule is CCNC(=NCC1(c2cccc(C(F)(F)F)c2)CCOCC1)N1CCC(COC)C1.I. The third kappa shape index (κ3) is 6.71. The lowest BCUT2D eigenvalue weighted by Gasteiger charge is -2.37. The first-order chi connectivity index (χ1) is 14.4. The average molecular weight is 555 g/mol. The van der Waals surface area contributed by atoms with Crippen LogP contribution in [0.4, 0.5) is 13.2 Å². The lowest BCUT2D eigenvalue weighted by atomic mass is 9.74. The molecule has 0 spiro atoms. The molecule has 176 valence electrons. The quantitative estimate of drug-likeness (QED) is 0.323. The zero-order chi connectivity index (χ0) is 21.6. The fourth-order valence-corrected chi connectivity index (χ4v) is 4.37. The summed E-state index contributed by atoms with van der Waals surface area (Å²) >= 11 is 0. The molecule has 0 saturated carbocycles. The highest BCUT2D eigenvalue weighted by molar-refractivity contribution is 14.0. The van der Waals surface area contributed by atoms with Gasteiger partial charge >= 0.3 is 6.18 Å². The minimum Gasteiger partial charge on any atom is -0.384 e. The molecule has 0 aromatic heterocycles. The van der Waals surface area contributed by atoms with Crippen LogP contribution < -0.4 is 5.32 Å². The molecule has 1 aromatic rings. The molecule has 1 atom stereocenters. The van der Waals surface area contributed by atoms with E-state index in [4.69, 9.17) is 14.5 Å². The van der Waals surface area contributed by atoms with Crippen molar-refractivity contribution in [1.29, 1.82) is 0 Å². The van der Waals surface area contributed by atoms with Crippen molar-refractivity contribution in [2.24, 2.45) is 10.9 Å². The molecule has 2 aliphatic heterocycles. The topological polar surface area (TPSA) is 46.1 Å². The summed E-state index contributed by atoms with van der Waals surface area (Å²) in [5.41, 5.74) is -0.367. The molecule has 0 bridgehead atoms. The van der Waals surface area contributed by atoms with Crippen LogP contribution in [0.1, 0.15) is 37.3 Å². The third-order valence-corrected chi connectivity index (χ3v) is 6.11. The fraction of sp³-hybridized carbons (Fsp3) is 0.682. The lowest BCUT2D eigenvalue weighted by Crippen LogP contribution is -2.43. The van der Waals surface area contributed by atoms with Crippen LogP contribution in [-0.4, -0.2) is 64.0 Å². The molecule has 2 fully saturated rings. The van der Waals surface area contributed by atoms with Gasteiger partial charge < -0.3 is 19.7 Å². The van der Waals surface area contributed by atoms with E-state index in [9.17, 15) is 13.2 Å². The number of likely N-dealkylation sites (tertiary alicyclic amines) is 1. The Balaban J connectivity index is 0.00000341. The smallest absolute Gasteiger partial charge is 0.384 e. The van der Waals surface area contributed by atoms with Gasteiger partial charge in [-0.2, -0.15) is 13.2 Å². The summed E-state index contributed by atoms with van der Waals surface area (Å²) in [7, 11) is 1.71. The zero-order valence-electron chi connectivity index (χ0n) is 18.2. The number of hydrogen-bond donors (Lipinski definition) is 1. The van der Waals surface area contributed by atoms with Gasteiger partial charge in [-0.15, -0.1) is 24.0 Å². The highest BCUT2D eigenvalue weighted by atomic mass is 127. The van der Waals surface area contributed by atoms with Crippen molar-refractivity contribution in [3.63, 3.8) is 0 Å². The maximum Gasteiger partial charge on any atom is 0.416 e. The number of alkyl halides is 3. The molecular weight excluding hydrogens is 522 g/mol. The number of aliphatic imine (C=N–C) groups is 1. The van der Waals surface area contributed by atoms with Crippen LogP contribution in [0.3, 0.4) is 0 Å². The summed E-state index contributed by atoms with van der Waals surface area (Å²) in [6.07, 6.45) is -2.00. The number of halogens is 4. The fourth-order valence-electron chi connectivity index (χ4n) is 4.37. The number of methoxy groups -OCH3 is 1. The number of guanidine groups is 1. The van der Waals surface area contributed by atoms with Crippen molar-refractivity contribution in [2.75, 3.05) is 53.1 Å². The van der Waals surface area contributed by atoms with E-state index in [1.807, 2.05) is 6.92 Å². The maximum atomic E-state index is 13.3. The van der Waals surface area contributed by atoms with E-state index in [-0.39, 0.29) is 24.0 Å². The molecule has 2 saturated heterocycles. The lowest BCUT2D eigenvalue weighted by molar-refractivity contribution is -0.137. The second-order valence-corrected chi connectivity index (χ2v) is 8.20. The second kappa shape index (κ2) is 11.7. The van der Waals surface area contributed by atoms with Gasteiger partial charge in [-0.25, -0.2) is 0 Å². The Bertz CT molecular complexity index is 724. The summed E-state index contributed by atoms with van der Waals surface area (Å²) in [4.78, 5) is 7.14. The Kier molecular flexibility index (Phi) is 9.88. The van der Waals surface area contributed by atoms with E-state index >= 15 is 0 Å². The van der Waals surface area contributed by atoms with Crippen LogP contribution in [0.5, 0.6) is 0 Å². The van der Waals surface area contributed by atoms with Gasteiger partial charge in [0.05, 0.1) is 18.7 Å². The van der Waals surface area contributed by atoms with Gasteiger partial charge in [0, 0.05) is 51.3 Å². The summed E-state index contributed by atoms with van der Waals surface area (Å²) in [6.45, 7) is 6.76. The molecule has 1 N–H and O–H groups in total. The first kappa shape index (κ1) is 26.2. The van der Waals surface area contributed by atoms with E-state index in [0.29, 0.717) is 44.1 Å². The van der Waals surface area contributed by atoms with E-state index in [1.54, 1.807) is 13.2 Å². The van der Waals surface area contributed by atoms with Crippen LogP contribution in [0.15, 0.2) is 29.3 Å². The van der Waals surface area contributed by atoms with Crippen molar-refractivity contribution >= 4 is 29.9 Å². The number of benzene rings is 1. The van der Waals surface area contributed by atoms with Crippen molar-refractivity contribution in [3.8, 4) is 0 Å². The minimum absolute atomic E-state index is 0. The molecule has 2 heterocycles. The van der Waals surface area contributed by atoms with Gasteiger partial charge in [0.15, 0.2) is 5.96 Å². The average Bonchev–Trinajstić information content (AvgIpc) is 3.20. The summed E-state index contributed by atoms with van der Waals surface area (Å²) in [5.74, 6) is 1.30. The monoisotopic (exact) mass is 555 g/mol. The molecule has 31 heavy (non-hydrogen) atoms. The molecule has 2 aliphatic rings. The molecule has 0 radical (unpaired) electrons. The zero-order valence-corrected chi connectivity index (χ0v) is 20.5. The first-order valence-corrected chi connectivity index (χ1v) is 10.7. The maximum absolute atomic E-state index is 13.3. The highest BCUT2D eigenvalue weighted by Gasteiger charge is 2.38. The predicted molar refractivity (Wildman–Crippen MR) is 126 cm³/mol. The summed E-state index contributed by atoms with van der Waals surface area (Å²) in [5, 5.41) is 3.35. The Morgan fingerprint density at radius 2 is 2.06 bits per heavy atom. The first-order valence-electron chi connectivity index (χ1n) is 10.7. The van der Waals surface area contributed by atoms with Crippen molar-refractivity contribution < 1.29 is 22.6 Å². The number of hydrogen-bond acceptors (Lipinski definition) is 3. The van der Waals surface area contributed by atoms with E-state index < -0.39 is 17.2 Å². The van der Waals surface area contributed by atoms with Crippen molar-refractivity contribution in [3.05, 3.63) is 35.4 Å². The number of nitrogens with one attached hydrogen (secondary N) is 1. The van der Waals surface area contributed by atoms with Crippen LogP contribution >= 0.6 is 24.0 Å². The molecular formula is C22H33F3IN3O2. The van der Waals surface area contributed by atoms with Gasteiger partial charge in [-0.3, -0.25) is 4.99 Å². The standard InChI is InChI=1S/C22H32F3N3O2.HI/c1-3-26-20(28-10-7-17(14-28)15-29-2)27-16-21(8-11-30-12-9-21)18-5-4-6-19(13-18)22(23,24)25;/h4-6,13,17H,3,7-12,14-16H2,1-2H3,(H,26,27);1H. The number of nitrogens with zero attached hydrogens (tertiary/aromatic N) is 2. The van der Waals surface area contributed by atoms with E-state index in [0.717, 1.165) is 44.7 Å².